The van der Waals surface area contributed by atoms with Crippen molar-refractivity contribution in [3.05, 3.63) is 93.9 Å². The molecular formula is C28H26ClFN4O2. The smallest absolute Gasteiger partial charge is 0.228 e. The molecule has 0 atom stereocenters. The van der Waals surface area contributed by atoms with Gasteiger partial charge in [0.05, 0.1) is 32.2 Å². The fraction of sp³-hybridized carbons (Fsp3) is 0.179. The number of hydrogen-bond donors (Lipinski definition) is 1. The Morgan fingerprint density at radius 1 is 0.889 bits per heavy atom. The van der Waals surface area contributed by atoms with E-state index in [1.165, 1.54) is 6.07 Å². The quantitative estimate of drug-likeness (QED) is 0.317. The minimum Gasteiger partial charge on any atom is -0.493 e. The van der Waals surface area contributed by atoms with Gasteiger partial charge in [0.2, 0.25) is 5.95 Å². The van der Waals surface area contributed by atoms with Crippen LogP contribution in [0.4, 0.5) is 16.0 Å². The predicted octanol–water partition coefficient (Wildman–Crippen LogP) is 6.99. The van der Waals surface area contributed by atoms with Crippen molar-refractivity contribution in [3.8, 4) is 22.8 Å². The number of anilines is 2. The molecule has 4 aromatic rings. The van der Waals surface area contributed by atoms with Crippen molar-refractivity contribution in [2.75, 3.05) is 19.5 Å². The summed E-state index contributed by atoms with van der Waals surface area (Å²) in [5.74, 6) is 1.29. The summed E-state index contributed by atoms with van der Waals surface area (Å²) in [6.07, 6.45) is 0. The molecule has 5 rings (SSSR count). The predicted molar refractivity (Wildman–Crippen MR) is 143 cm³/mol. The third kappa shape index (κ3) is 4.62. The molecule has 2 heterocycles. The number of benzene rings is 3. The van der Waals surface area contributed by atoms with E-state index in [2.05, 4.69) is 10.3 Å². The van der Waals surface area contributed by atoms with Crippen molar-refractivity contribution in [2.45, 2.75) is 20.9 Å². The summed E-state index contributed by atoms with van der Waals surface area (Å²) in [5, 5.41) is 3.79. The topological polar surface area (TPSA) is 68.6 Å². The highest BCUT2D eigenvalue weighted by atomic mass is 35.5. The van der Waals surface area contributed by atoms with E-state index < -0.39 is 0 Å². The first-order valence-corrected chi connectivity index (χ1v) is 11.3. The van der Waals surface area contributed by atoms with E-state index in [1.54, 1.807) is 44.6 Å². The van der Waals surface area contributed by atoms with Gasteiger partial charge < -0.3 is 14.8 Å². The molecule has 0 fully saturated rings. The van der Waals surface area contributed by atoms with Crippen molar-refractivity contribution in [1.82, 2.24) is 9.97 Å². The average Bonchev–Trinajstić information content (AvgIpc) is 3.01. The number of aryl methyl sites for hydroxylation is 1. The number of hydrogen-bond acceptors (Lipinski definition) is 6. The van der Waals surface area contributed by atoms with Crippen molar-refractivity contribution < 1.29 is 13.9 Å². The summed E-state index contributed by atoms with van der Waals surface area (Å²) in [5.41, 5.74) is 5.60. The first kappa shape index (κ1) is 25.1. The van der Waals surface area contributed by atoms with Crippen molar-refractivity contribution in [1.29, 1.82) is 0 Å². The van der Waals surface area contributed by atoms with Crippen LogP contribution in [0.5, 0.6) is 11.5 Å². The average molecular weight is 505 g/mol. The fourth-order valence-electron chi connectivity index (χ4n) is 4.15. The molecule has 0 spiro atoms. The molecule has 184 valence electrons. The van der Waals surface area contributed by atoms with E-state index in [-0.39, 0.29) is 13.2 Å². The van der Waals surface area contributed by atoms with Crippen LogP contribution in [-0.2, 0) is 6.54 Å². The molecule has 0 aliphatic carbocycles. The van der Waals surface area contributed by atoms with E-state index in [1.807, 2.05) is 31.2 Å². The van der Waals surface area contributed by atoms with Gasteiger partial charge in [0.1, 0.15) is 5.82 Å². The molecule has 1 aliphatic heterocycles. The number of aromatic nitrogens is 2. The second-order valence-corrected chi connectivity index (χ2v) is 8.43. The van der Waals surface area contributed by atoms with E-state index >= 15 is 0 Å². The zero-order valence-corrected chi connectivity index (χ0v) is 20.2. The first-order valence-electron chi connectivity index (χ1n) is 10.9. The van der Waals surface area contributed by atoms with Gasteiger partial charge in [-0.15, -0.1) is 0 Å². The summed E-state index contributed by atoms with van der Waals surface area (Å²) in [6.45, 7) is 2.23. The Morgan fingerprint density at radius 2 is 1.67 bits per heavy atom. The van der Waals surface area contributed by atoms with Crippen LogP contribution in [-0.4, -0.2) is 29.9 Å². The number of ether oxygens (including phenoxy) is 2. The summed E-state index contributed by atoms with van der Waals surface area (Å²) in [7, 11) is 3.17. The molecule has 6 nitrogen and oxygen atoms in total. The second-order valence-electron chi connectivity index (χ2n) is 7.99. The summed E-state index contributed by atoms with van der Waals surface area (Å²) in [6, 6.07) is 17.6. The van der Waals surface area contributed by atoms with Crippen molar-refractivity contribution in [2.24, 2.45) is 4.99 Å². The van der Waals surface area contributed by atoms with Gasteiger partial charge in [-0.1, -0.05) is 37.2 Å². The van der Waals surface area contributed by atoms with Crippen LogP contribution in [0.15, 0.2) is 65.7 Å². The van der Waals surface area contributed by atoms with Gasteiger partial charge in [0, 0.05) is 44.7 Å². The maximum absolute atomic E-state index is 14.8. The molecule has 1 N–H and O–H groups in total. The lowest BCUT2D eigenvalue weighted by Gasteiger charge is -2.15. The van der Waals surface area contributed by atoms with Crippen molar-refractivity contribution >= 4 is 28.9 Å². The van der Waals surface area contributed by atoms with Crippen LogP contribution in [0.3, 0.4) is 0 Å². The minimum atomic E-state index is -0.346. The molecule has 36 heavy (non-hydrogen) atoms. The standard InChI is InChI=1S/C27H22ClFN4O2.CH4/c1-15-21-14-30-25(19-6-4-5-7-22(19)29)20-12-16(28)8-10-18(20)26(21)33-27(31-15)32-17-9-11-23(34-2)24(13-17)35-3;/h4-13H,14H2,1-3H3,(H,31,32,33);1H4. The lowest BCUT2D eigenvalue weighted by atomic mass is 9.94. The number of nitrogens with zero attached hydrogens (tertiary/aromatic N) is 3. The second kappa shape index (κ2) is 10.3. The molecule has 3 aromatic carbocycles. The van der Waals surface area contributed by atoms with E-state index in [4.69, 9.17) is 31.1 Å². The minimum absolute atomic E-state index is 0. The SMILES string of the molecule is C.COc1ccc(Nc2nc(C)c3c(n2)-c2ccc(Cl)cc2C(c2ccccc2F)=NC3)cc1OC. The number of methoxy groups -OCH3 is 2. The Bertz CT molecular complexity index is 1470. The van der Waals surface area contributed by atoms with Crippen molar-refractivity contribution in [3.63, 3.8) is 0 Å². The largest absolute Gasteiger partial charge is 0.493 e. The Morgan fingerprint density at radius 3 is 2.42 bits per heavy atom. The molecule has 0 bridgehead atoms. The normalized spacial score (nSPS) is 11.9. The van der Waals surface area contributed by atoms with Crippen LogP contribution in [0, 0.1) is 12.7 Å². The van der Waals surface area contributed by atoms with Crippen LogP contribution in [0.1, 0.15) is 29.8 Å². The highest BCUT2D eigenvalue weighted by molar-refractivity contribution is 6.31. The number of fused-ring (bicyclic) bond motifs is 3. The van der Waals surface area contributed by atoms with Gasteiger partial charge in [0.15, 0.2) is 11.5 Å². The molecular weight excluding hydrogens is 479 g/mol. The zero-order chi connectivity index (χ0) is 24.5. The molecule has 0 unspecified atom stereocenters. The molecule has 0 radical (unpaired) electrons. The van der Waals surface area contributed by atoms with E-state index in [0.717, 1.165) is 33.8 Å². The third-order valence-corrected chi connectivity index (χ3v) is 6.10. The third-order valence-electron chi connectivity index (χ3n) is 5.87. The van der Waals surface area contributed by atoms with Gasteiger partial charge in [-0.3, -0.25) is 4.99 Å². The lowest BCUT2D eigenvalue weighted by molar-refractivity contribution is 0.355. The van der Waals surface area contributed by atoms with Gasteiger partial charge >= 0.3 is 0 Å². The first-order chi connectivity index (χ1) is 17.0. The maximum Gasteiger partial charge on any atom is 0.228 e. The van der Waals surface area contributed by atoms with E-state index in [0.29, 0.717) is 40.3 Å². The molecule has 0 amide bonds. The number of nitrogens with one attached hydrogen (secondary N) is 1. The molecule has 0 saturated carbocycles. The Kier molecular flexibility index (Phi) is 7.22. The highest BCUT2D eigenvalue weighted by Gasteiger charge is 2.24. The Labute approximate surface area is 214 Å². The monoisotopic (exact) mass is 504 g/mol. The van der Waals surface area contributed by atoms with Crippen LogP contribution in [0.25, 0.3) is 11.3 Å². The van der Waals surface area contributed by atoms with Gasteiger partial charge in [-0.2, -0.15) is 0 Å². The van der Waals surface area contributed by atoms with E-state index in [9.17, 15) is 4.39 Å². The summed E-state index contributed by atoms with van der Waals surface area (Å²) in [4.78, 5) is 14.3. The Balaban J connectivity index is 0.00000304. The maximum atomic E-state index is 14.8. The van der Waals surface area contributed by atoms with Gasteiger partial charge in [-0.05, 0) is 43.3 Å². The lowest BCUT2D eigenvalue weighted by Crippen LogP contribution is -2.07. The van der Waals surface area contributed by atoms with Crippen LogP contribution in [0.2, 0.25) is 5.02 Å². The van der Waals surface area contributed by atoms with Gasteiger partial charge in [0.25, 0.3) is 0 Å². The number of aliphatic imine (C=N–C) groups is 1. The summed E-state index contributed by atoms with van der Waals surface area (Å²) < 4.78 is 25.5. The molecule has 0 saturated heterocycles. The Hall–Kier alpha value is -3.97. The number of rotatable bonds is 5. The van der Waals surface area contributed by atoms with Crippen LogP contribution >= 0.6 is 11.6 Å². The highest BCUT2D eigenvalue weighted by Crippen LogP contribution is 2.36. The molecule has 8 heteroatoms. The van der Waals surface area contributed by atoms with Gasteiger partial charge in [-0.25, -0.2) is 14.4 Å². The zero-order valence-electron chi connectivity index (χ0n) is 19.4. The fourth-order valence-corrected chi connectivity index (χ4v) is 4.32. The molecule has 1 aromatic heterocycles. The van der Waals surface area contributed by atoms with Crippen LogP contribution < -0.4 is 14.8 Å². The summed E-state index contributed by atoms with van der Waals surface area (Å²) >= 11 is 6.36. The molecule has 1 aliphatic rings. The number of halogens is 2.